The number of hydrogen-bond acceptors (Lipinski definition) is 3. The average Bonchev–Trinajstić information content (AvgIpc) is 3.84. The Morgan fingerprint density at radius 1 is 0.396 bits per heavy atom. The largest absolute Gasteiger partial charge is 0.456 e. The molecule has 0 unspecified atom stereocenters. The second-order valence-electron chi connectivity index (χ2n) is 13.4. The number of fused-ring (bicyclic) bond motifs is 9. The van der Waals surface area contributed by atoms with Gasteiger partial charge < -0.3 is 13.7 Å². The summed E-state index contributed by atoms with van der Waals surface area (Å²) >= 11 is 0. The Hall–Kier alpha value is -7.10. The van der Waals surface area contributed by atoms with Gasteiger partial charge in [-0.3, -0.25) is 0 Å². The monoisotopic (exact) mass is 681 g/mol. The van der Waals surface area contributed by atoms with E-state index in [-0.39, 0.29) is 35.4 Å². The van der Waals surface area contributed by atoms with E-state index in [1.165, 1.54) is 0 Å². The maximum absolute atomic E-state index is 9.62. The highest BCUT2D eigenvalue weighted by molar-refractivity contribution is 6.19. The van der Waals surface area contributed by atoms with Gasteiger partial charge in [-0.05, 0) is 99.0 Å². The fourth-order valence-corrected chi connectivity index (χ4v) is 7.82. The Labute approximate surface area is 311 Å². The van der Waals surface area contributed by atoms with Crippen LogP contribution < -0.4 is 4.90 Å². The Balaban J connectivity index is 1.15. The smallest absolute Gasteiger partial charge is 0.143 e. The maximum atomic E-state index is 9.62. The van der Waals surface area contributed by atoms with E-state index in [9.17, 15) is 5.48 Å². The highest BCUT2D eigenvalue weighted by Gasteiger charge is 2.21. The lowest BCUT2D eigenvalue weighted by Crippen LogP contribution is -2.10. The van der Waals surface area contributed by atoms with Crippen LogP contribution in [0.15, 0.2) is 197 Å². The first-order chi connectivity index (χ1) is 27.9. The van der Waals surface area contributed by atoms with Crippen LogP contribution >= 0.6 is 0 Å². The van der Waals surface area contributed by atoms with Crippen LogP contribution in [0.2, 0.25) is 0 Å². The molecule has 0 amide bonds. The van der Waals surface area contributed by atoms with Crippen LogP contribution in [0.25, 0.3) is 87.7 Å². The molecule has 0 saturated heterocycles. The molecule has 2 aromatic heterocycles. The van der Waals surface area contributed by atoms with Gasteiger partial charge in [-0.15, -0.1) is 0 Å². The summed E-state index contributed by atoms with van der Waals surface area (Å²) in [4.78, 5) is 1.86. The molecule has 0 saturated carbocycles. The summed E-state index contributed by atoms with van der Waals surface area (Å²) in [6.45, 7) is 0. The summed E-state index contributed by atoms with van der Waals surface area (Å²) in [6.07, 6.45) is 0. The first kappa shape index (κ1) is 25.8. The van der Waals surface area contributed by atoms with Gasteiger partial charge in [-0.25, -0.2) is 0 Å². The third kappa shape index (κ3) is 4.75. The van der Waals surface area contributed by atoms with Crippen LogP contribution in [0, 0.1) is 0 Å². The molecular weight excluding hydrogens is 647 g/mol. The van der Waals surface area contributed by atoms with Crippen LogP contribution in [0.5, 0.6) is 0 Å². The van der Waals surface area contributed by atoms with Gasteiger partial charge in [0.15, 0.2) is 0 Å². The fourth-order valence-electron chi connectivity index (χ4n) is 7.82. The van der Waals surface area contributed by atoms with Crippen molar-refractivity contribution in [3.8, 4) is 22.3 Å². The van der Waals surface area contributed by atoms with Crippen LogP contribution in [0.1, 0.15) is 5.48 Å². The van der Waals surface area contributed by atoms with Crippen molar-refractivity contribution in [3.05, 3.63) is 188 Å². The third-order valence-corrected chi connectivity index (χ3v) is 10.3. The molecule has 248 valence electrons. The summed E-state index contributed by atoms with van der Waals surface area (Å²) in [6, 6.07) is 53.4. The fraction of sp³-hybridized carbons (Fsp3) is 0. The van der Waals surface area contributed by atoms with Gasteiger partial charge in [-0.2, -0.15) is 0 Å². The van der Waals surface area contributed by atoms with Crippen LogP contribution in [0.4, 0.5) is 17.1 Å². The topological polar surface area (TPSA) is 29.5 Å². The molecule has 0 aliphatic heterocycles. The van der Waals surface area contributed by atoms with Gasteiger partial charge in [0.25, 0.3) is 0 Å². The van der Waals surface area contributed by atoms with Gasteiger partial charge in [0.05, 0.1) is 16.6 Å². The van der Waals surface area contributed by atoms with Crippen LogP contribution in [-0.4, -0.2) is 0 Å². The number of rotatable bonds is 5. The van der Waals surface area contributed by atoms with E-state index >= 15 is 0 Å². The molecule has 11 aromatic rings. The van der Waals surface area contributed by atoms with E-state index in [4.69, 9.17) is 8.83 Å². The standard InChI is InChI=1S/C50H31NO2/c1-2-11-36-31-37(20-19-32(36)9-1)33-21-26-38(27-22-33)51(44-15-8-18-47-49(44)43-30-25-34-10-3-4-12-41(34)50(43)53-47)39-28-23-35(24-29-39)40-14-7-17-46-48(40)42-13-5-6-16-45(42)52-46/h1-31H/i21D,22D,26D,27D. The van der Waals surface area contributed by atoms with Gasteiger partial charge in [0.2, 0.25) is 0 Å². The Morgan fingerprint density at radius 2 is 1.06 bits per heavy atom. The first-order valence-corrected chi connectivity index (χ1v) is 17.7. The van der Waals surface area contributed by atoms with Crippen molar-refractivity contribution in [2.24, 2.45) is 0 Å². The van der Waals surface area contributed by atoms with Crippen molar-refractivity contribution >= 4 is 82.5 Å². The van der Waals surface area contributed by atoms with Crippen molar-refractivity contribution in [3.63, 3.8) is 0 Å². The van der Waals surface area contributed by atoms with E-state index in [2.05, 4.69) is 30.3 Å². The number of nitrogens with zero attached hydrogens (tertiary/aromatic N) is 1. The summed E-state index contributed by atoms with van der Waals surface area (Å²) in [5.41, 5.74) is 7.41. The number of para-hydroxylation sites is 1. The minimum atomic E-state index is -0.145. The van der Waals surface area contributed by atoms with Crippen molar-refractivity contribution < 1.29 is 14.3 Å². The van der Waals surface area contributed by atoms with Crippen molar-refractivity contribution in [2.75, 3.05) is 4.90 Å². The molecule has 0 bridgehead atoms. The lowest BCUT2D eigenvalue weighted by molar-refractivity contribution is 0.669. The quantitative estimate of drug-likeness (QED) is 0.181. The summed E-state index contributed by atoms with van der Waals surface area (Å²) in [5.74, 6) is 0. The molecule has 0 atom stereocenters. The highest BCUT2D eigenvalue weighted by atomic mass is 16.3. The zero-order valence-electron chi connectivity index (χ0n) is 32.4. The van der Waals surface area contributed by atoms with E-state index in [0.717, 1.165) is 71.0 Å². The van der Waals surface area contributed by atoms with E-state index in [1.807, 2.05) is 138 Å². The predicted molar refractivity (Wildman–Crippen MR) is 222 cm³/mol. The zero-order valence-corrected chi connectivity index (χ0v) is 28.4. The van der Waals surface area contributed by atoms with Crippen molar-refractivity contribution in [1.29, 1.82) is 0 Å². The summed E-state index contributed by atoms with van der Waals surface area (Å²) in [7, 11) is 0. The first-order valence-electron chi connectivity index (χ1n) is 19.7. The molecule has 0 radical (unpaired) electrons. The molecular formula is C50H31NO2. The maximum Gasteiger partial charge on any atom is 0.143 e. The van der Waals surface area contributed by atoms with Gasteiger partial charge in [0, 0.05) is 32.9 Å². The van der Waals surface area contributed by atoms with E-state index in [0.29, 0.717) is 22.5 Å². The number of furan rings is 2. The lowest BCUT2D eigenvalue weighted by atomic mass is 9.98. The molecule has 11 rings (SSSR count). The second-order valence-corrected chi connectivity index (χ2v) is 13.4. The van der Waals surface area contributed by atoms with Crippen LogP contribution in [0.3, 0.4) is 0 Å². The molecule has 53 heavy (non-hydrogen) atoms. The summed E-state index contributed by atoms with van der Waals surface area (Å²) < 4.78 is 50.9. The molecule has 0 N–H and O–H groups in total. The Bertz CT molecular complexity index is 3390. The Kier molecular flexibility index (Phi) is 5.71. The van der Waals surface area contributed by atoms with Gasteiger partial charge >= 0.3 is 0 Å². The third-order valence-electron chi connectivity index (χ3n) is 10.3. The molecule has 3 nitrogen and oxygen atoms in total. The van der Waals surface area contributed by atoms with E-state index in [1.54, 1.807) is 0 Å². The van der Waals surface area contributed by atoms with Gasteiger partial charge in [-0.1, -0.05) is 127 Å². The predicted octanol–water partition coefficient (Wildman–Crippen LogP) is 14.6. The Morgan fingerprint density at radius 3 is 1.91 bits per heavy atom. The average molecular weight is 682 g/mol. The number of anilines is 3. The molecule has 2 heterocycles. The zero-order chi connectivity index (χ0) is 38.4. The van der Waals surface area contributed by atoms with Crippen molar-refractivity contribution in [2.45, 2.75) is 0 Å². The highest BCUT2D eigenvalue weighted by Crippen LogP contribution is 2.45. The minimum Gasteiger partial charge on any atom is -0.456 e. The number of benzene rings is 9. The van der Waals surface area contributed by atoms with E-state index < -0.39 is 0 Å². The second kappa shape index (κ2) is 11.7. The molecule has 0 fully saturated rings. The normalized spacial score (nSPS) is 12.8. The van der Waals surface area contributed by atoms with Gasteiger partial charge in [0.1, 0.15) is 22.3 Å². The molecule has 0 aliphatic rings. The minimum absolute atomic E-state index is 0.114. The molecule has 0 aliphatic carbocycles. The lowest BCUT2D eigenvalue weighted by Gasteiger charge is -2.26. The van der Waals surface area contributed by atoms with Crippen LogP contribution in [-0.2, 0) is 0 Å². The number of hydrogen-bond donors (Lipinski definition) is 0. The SMILES string of the molecule is [2H]c1c([2H])c(N(c2ccc(-c3cccc4oc5ccccc5c34)cc2)c2cccc3oc4c5ccccc5ccc4c23)c([2H])c([2H])c1-c1ccc2ccccc2c1. The summed E-state index contributed by atoms with van der Waals surface area (Å²) in [5, 5.41) is 7.81. The van der Waals surface area contributed by atoms with Crippen molar-refractivity contribution in [1.82, 2.24) is 0 Å². The molecule has 3 heteroatoms. The molecule has 9 aromatic carbocycles. The molecule has 0 spiro atoms.